The molecule has 1 aliphatic carbocycles. The fraction of sp³-hybridized carbons (Fsp3) is 0.467. The first-order chi connectivity index (χ1) is 10.3. The summed E-state index contributed by atoms with van der Waals surface area (Å²) in [6.07, 6.45) is 4.46. The van der Waals surface area contributed by atoms with Gasteiger partial charge in [0, 0.05) is 18.0 Å². The van der Waals surface area contributed by atoms with Gasteiger partial charge in [-0.15, -0.1) is 10.2 Å². The molecule has 1 aromatic carbocycles. The van der Waals surface area contributed by atoms with Crippen molar-refractivity contribution in [1.29, 1.82) is 0 Å². The van der Waals surface area contributed by atoms with Gasteiger partial charge in [0.1, 0.15) is 5.75 Å². The Hall–Kier alpha value is -1.40. The third-order valence-corrected chi connectivity index (χ3v) is 4.06. The standard InChI is InChI=1S/C15H18BrN3O2/c1-20-13-7-4-10(9-12(13)16)15-19-18-14(21-15)3-2-8-17-11-5-6-11/h4,7,9,11,17H,2-3,5-6,8H2,1H3. The first kappa shape index (κ1) is 14.5. The average Bonchev–Trinajstić information content (AvgIpc) is 3.20. The van der Waals surface area contributed by atoms with E-state index in [4.69, 9.17) is 9.15 Å². The number of hydrogen-bond acceptors (Lipinski definition) is 5. The van der Waals surface area contributed by atoms with Gasteiger partial charge in [-0.25, -0.2) is 0 Å². The van der Waals surface area contributed by atoms with Crippen molar-refractivity contribution in [2.45, 2.75) is 31.7 Å². The largest absolute Gasteiger partial charge is 0.496 e. The number of rotatable bonds is 7. The number of aromatic nitrogens is 2. The molecule has 0 amide bonds. The minimum atomic E-state index is 0.545. The molecule has 1 fully saturated rings. The zero-order valence-corrected chi connectivity index (χ0v) is 13.5. The third-order valence-electron chi connectivity index (χ3n) is 3.44. The summed E-state index contributed by atoms with van der Waals surface area (Å²) in [6.45, 7) is 1.01. The molecule has 2 aromatic rings. The second-order valence-electron chi connectivity index (χ2n) is 5.18. The van der Waals surface area contributed by atoms with Crippen LogP contribution in [0.4, 0.5) is 0 Å². The number of nitrogens with zero attached hydrogens (tertiary/aromatic N) is 2. The molecule has 5 nitrogen and oxygen atoms in total. The van der Waals surface area contributed by atoms with Crippen molar-refractivity contribution in [3.05, 3.63) is 28.6 Å². The number of aryl methyl sites for hydroxylation is 1. The Morgan fingerprint density at radius 3 is 2.95 bits per heavy atom. The summed E-state index contributed by atoms with van der Waals surface area (Å²) in [5.41, 5.74) is 0.887. The van der Waals surface area contributed by atoms with E-state index in [9.17, 15) is 0 Å². The number of hydrogen-bond donors (Lipinski definition) is 1. The monoisotopic (exact) mass is 351 g/mol. The van der Waals surface area contributed by atoms with Gasteiger partial charge < -0.3 is 14.5 Å². The van der Waals surface area contributed by atoms with Crippen molar-refractivity contribution in [2.24, 2.45) is 0 Å². The van der Waals surface area contributed by atoms with Crippen LogP contribution in [0, 0.1) is 0 Å². The van der Waals surface area contributed by atoms with Crippen LogP contribution in [0.25, 0.3) is 11.5 Å². The molecule has 0 aliphatic heterocycles. The van der Waals surface area contributed by atoms with Crippen LogP contribution in [0.2, 0.25) is 0 Å². The molecule has 0 unspecified atom stereocenters. The summed E-state index contributed by atoms with van der Waals surface area (Å²) in [6, 6.07) is 6.46. The summed E-state index contributed by atoms with van der Waals surface area (Å²) < 4.78 is 11.8. The fourth-order valence-corrected chi connectivity index (χ4v) is 2.64. The Balaban J connectivity index is 1.59. The maximum Gasteiger partial charge on any atom is 0.247 e. The van der Waals surface area contributed by atoms with Crippen molar-refractivity contribution in [1.82, 2.24) is 15.5 Å². The third kappa shape index (κ3) is 3.83. The van der Waals surface area contributed by atoms with Gasteiger partial charge in [0.25, 0.3) is 0 Å². The molecular formula is C15H18BrN3O2. The molecular weight excluding hydrogens is 334 g/mol. The van der Waals surface area contributed by atoms with E-state index in [0.717, 1.165) is 41.2 Å². The van der Waals surface area contributed by atoms with E-state index in [1.54, 1.807) is 7.11 Å². The summed E-state index contributed by atoms with van der Waals surface area (Å²) in [7, 11) is 1.64. The first-order valence-electron chi connectivity index (χ1n) is 7.16. The fourth-order valence-electron chi connectivity index (χ4n) is 2.10. The van der Waals surface area contributed by atoms with Gasteiger partial charge in [-0.2, -0.15) is 0 Å². The molecule has 6 heteroatoms. The Bertz CT molecular complexity index is 611. The minimum absolute atomic E-state index is 0.545. The molecule has 1 saturated carbocycles. The lowest BCUT2D eigenvalue weighted by atomic mass is 10.2. The zero-order chi connectivity index (χ0) is 14.7. The Kier molecular flexibility index (Phi) is 4.55. The van der Waals surface area contributed by atoms with Crippen LogP contribution in [0.5, 0.6) is 5.75 Å². The summed E-state index contributed by atoms with van der Waals surface area (Å²) >= 11 is 3.46. The molecule has 0 saturated heterocycles. The maximum absolute atomic E-state index is 5.71. The van der Waals surface area contributed by atoms with Gasteiger partial charge in [0.15, 0.2) is 0 Å². The summed E-state index contributed by atoms with van der Waals surface area (Å²) in [5, 5.41) is 11.7. The van der Waals surface area contributed by atoms with Crippen LogP contribution in [-0.2, 0) is 6.42 Å². The van der Waals surface area contributed by atoms with Gasteiger partial charge >= 0.3 is 0 Å². The predicted octanol–water partition coefficient (Wildman–Crippen LogP) is 3.19. The van der Waals surface area contributed by atoms with E-state index in [-0.39, 0.29) is 0 Å². The normalized spacial score (nSPS) is 14.4. The van der Waals surface area contributed by atoms with Gasteiger partial charge in [-0.1, -0.05) is 0 Å². The van der Waals surface area contributed by atoms with Crippen LogP contribution in [0.1, 0.15) is 25.2 Å². The van der Waals surface area contributed by atoms with E-state index in [1.807, 2.05) is 18.2 Å². The average molecular weight is 352 g/mol. The molecule has 1 aromatic heterocycles. The second-order valence-corrected chi connectivity index (χ2v) is 6.04. The SMILES string of the molecule is COc1ccc(-c2nnc(CCCNC3CC3)o2)cc1Br. The van der Waals surface area contributed by atoms with Crippen LogP contribution in [0.3, 0.4) is 0 Å². The molecule has 0 spiro atoms. The van der Waals surface area contributed by atoms with Gasteiger partial charge in [-0.05, 0) is 59.9 Å². The van der Waals surface area contributed by atoms with Gasteiger partial charge in [-0.3, -0.25) is 0 Å². The highest BCUT2D eigenvalue weighted by Crippen LogP contribution is 2.30. The lowest BCUT2D eigenvalue weighted by Gasteiger charge is -2.03. The van der Waals surface area contributed by atoms with E-state index in [1.165, 1.54) is 12.8 Å². The summed E-state index contributed by atoms with van der Waals surface area (Å²) in [5.74, 6) is 2.02. The smallest absolute Gasteiger partial charge is 0.247 e. The topological polar surface area (TPSA) is 60.2 Å². The van der Waals surface area contributed by atoms with Crippen LogP contribution in [-0.4, -0.2) is 29.9 Å². The lowest BCUT2D eigenvalue weighted by molar-refractivity contribution is 0.412. The zero-order valence-electron chi connectivity index (χ0n) is 11.9. The number of methoxy groups -OCH3 is 1. The first-order valence-corrected chi connectivity index (χ1v) is 7.95. The highest BCUT2D eigenvalue weighted by molar-refractivity contribution is 9.10. The highest BCUT2D eigenvalue weighted by Gasteiger charge is 2.19. The minimum Gasteiger partial charge on any atom is -0.496 e. The van der Waals surface area contributed by atoms with E-state index in [0.29, 0.717) is 11.8 Å². The van der Waals surface area contributed by atoms with Crippen molar-refractivity contribution < 1.29 is 9.15 Å². The molecule has 112 valence electrons. The van der Waals surface area contributed by atoms with E-state index < -0.39 is 0 Å². The van der Waals surface area contributed by atoms with Crippen LogP contribution < -0.4 is 10.1 Å². The number of ether oxygens (including phenoxy) is 1. The Labute approximate surface area is 132 Å². The van der Waals surface area contributed by atoms with E-state index in [2.05, 4.69) is 31.4 Å². The van der Waals surface area contributed by atoms with Gasteiger partial charge in [0.05, 0.1) is 11.6 Å². The molecule has 0 radical (unpaired) electrons. The second kappa shape index (κ2) is 6.58. The molecule has 3 rings (SSSR count). The molecule has 21 heavy (non-hydrogen) atoms. The van der Waals surface area contributed by atoms with Crippen molar-refractivity contribution in [2.75, 3.05) is 13.7 Å². The molecule has 1 heterocycles. The molecule has 0 bridgehead atoms. The quantitative estimate of drug-likeness (QED) is 0.776. The van der Waals surface area contributed by atoms with Crippen molar-refractivity contribution in [3.63, 3.8) is 0 Å². The van der Waals surface area contributed by atoms with Crippen LogP contribution >= 0.6 is 15.9 Å². The Morgan fingerprint density at radius 1 is 1.38 bits per heavy atom. The van der Waals surface area contributed by atoms with Crippen LogP contribution in [0.15, 0.2) is 27.1 Å². The molecule has 1 N–H and O–H groups in total. The van der Waals surface area contributed by atoms with Crippen molar-refractivity contribution in [3.8, 4) is 17.2 Å². The van der Waals surface area contributed by atoms with Gasteiger partial charge in [0.2, 0.25) is 11.8 Å². The number of benzene rings is 1. The maximum atomic E-state index is 5.71. The number of nitrogens with one attached hydrogen (secondary N) is 1. The molecule has 1 aliphatic rings. The molecule has 0 atom stereocenters. The predicted molar refractivity (Wildman–Crippen MR) is 83.3 cm³/mol. The lowest BCUT2D eigenvalue weighted by Crippen LogP contribution is -2.17. The number of halogens is 1. The van der Waals surface area contributed by atoms with Crippen molar-refractivity contribution >= 4 is 15.9 Å². The van der Waals surface area contributed by atoms with E-state index >= 15 is 0 Å². The Morgan fingerprint density at radius 2 is 2.24 bits per heavy atom. The highest BCUT2D eigenvalue weighted by atomic mass is 79.9. The summed E-state index contributed by atoms with van der Waals surface area (Å²) in [4.78, 5) is 0.